The molecule has 0 bridgehead atoms. The molecule has 114 valence electrons. The second kappa shape index (κ2) is 5.72. The molecule has 0 spiro atoms. The number of hydrogen-bond donors (Lipinski definition) is 0. The van der Waals surface area contributed by atoms with Crippen LogP contribution in [0.4, 0.5) is 5.95 Å². The maximum atomic E-state index is 12.4. The van der Waals surface area contributed by atoms with Crippen LogP contribution in [0.1, 0.15) is 5.56 Å². The Morgan fingerprint density at radius 2 is 1.61 bits per heavy atom. The van der Waals surface area contributed by atoms with E-state index in [4.69, 9.17) is 4.98 Å². The van der Waals surface area contributed by atoms with Crippen molar-refractivity contribution in [1.82, 2.24) is 9.55 Å². The molecule has 0 radical (unpaired) electrons. The van der Waals surface area contributed by atoms with Gasteiger partial charge >= 0.3 is 0 Å². The van der Waals surface area contributed by atoms with Gasteiger partial charge in [0.05, 0.1) is 5.69 Å². The first kappa shape index (κ1) is 13.8. The second-order valence-electron chi connectivity index (χ2n) is 5.70. The van der Waals surface area contributed by atoms with E-state index >= 15 is 0 Å². The largest absolute Gasteiger partial charge is 0.336 e. The van der Waals surface area contributed by atoms with Gasteiger partial charge in [-0.3, -0.25) is 9.36 Å². The summed E-state index contributed by atoms with van der Waals surface area (Å²) in [4.78, 5) is 19.3. The lowest BCUT2D eigenvalue weighted by Crippen LogP contribution is -2.22. The molecule has 4 rings (SSSR count). The van der Waals surface area contributed by atoms with Crippen LogP contribution in [0.15, 0.2) is 71.5 Å². The highest BCUT2D eigenvalue weighted by Gasteiger charge is 2.22. The Bertz CT molecular complexity index is 872. The molecule has 0 saturated carbocycles. The molecule has 0 aliphatic carbocycles. The summed E-state index contributed by atoms with van der Waals surface area (Å²) in [6, 6.07) is 21.8. The third-order valence-electron chi connectivity index (χ3n) is 4.15. The van der Waals surface area contributed by atoms with E-state index in [1.807, 2.05) is 48.5 Å². The van der Waals surface area contributed by atoms with E-state index in [1.54, 1.807) is 10.6 Å². The molecule has 4 heteroatoms. The zero-order valence-corrected chi connectivity index (χ0v) is 12.7. The van der Waals surface area contributed by atoms with Gasteiger partial charge in [-0.2, -0.15) is 0 Å². The zero-order chi connectivity index (χ0) is 15.6. The monoisotopic (exact) mass is 303 g/mol. The summed E-state index contributed by atoms with van der Waals surface area (Å²) in [5, 5.41) is 0. The van der Waals surface area contributed by atoms with Crippen LogP contribution in [-0.4, -0.2) is 16.1 Å². The predicted octanol–water partition coefficient (Wildman–Crippen LogP) is 2.93. The lowest BCUT2D eigenvalue weighted by Gasteiger charge is -2.17. The van der Waals surface area contributed by atoms with Crippen LogP contribution in [-0.2, 0) is 13.1 Å². The minimum Gasteiger partial charge on any atom is -0.336 e. The molecule has 23 heavy (non-hydrogen) atoms. The number of fused-ring (bicyclic) bond motifs is 1. The zero-order valence-electron chi connectivity index (χ0n) is 12.7. The highest BCUT2D eigenvalue weighted by atomic mass is 16.1. The predicted molar refractivity (Wildman–Crippen MR) is 91.4 cm³/mol. The first-order chi connectivity index (χ1) is 11.3. The van der Waals surface area contributed by atoms with Crippen molar-refractivity contribution in [2.75, 3.05) is 11.4 Å². The van der Waals surface area contributed by atoms with Crippen molar-refractivity contribution in [2.45, 2.75) is 13.1 Å². The molecule has 0 N–H and O–H groups in total. The summed E-state index contributed by atoms with van der Waals surface area (Å²) in [5.74, 6) is 0.764. The smallest absolute Gasteiger partial charge is 0.255 e. The van der Waals surface area contributed by atoms with Crippen molar-refractivity contribution in [3.63, 3.8) is 0 Å². The molecule has 2 aromatic carbocycles. The molecular weight excluding hydrogens is 286 g/mol. The number of rotatable bonds is 3. The molecule has 1 aliphatic heterocycles. The van der Waals surface area contributed by atoms with E-state index in [9.17, 15) is 4.79 Å². The van der Waals surface area contributed by atoms with Crippen LogP contribution in [0.2, 0.25) is 0 Å². The highest BCUT2D eigenvalue weighted by Crippen LogP contribution is 2.23. The number of aromatic nitrogens is 2. The Morgan fingerprint density at radius 3 is 2.35 bits per heavy atom. The highest BCUT2D eigenvalue weighted by molar-refractivity contribution is 5.60. The van der Waals surface area contributed by atoms with Crippen molar-refractivity contribution in [1.29, 1.82) is 0 Å². The minimum atomic E-state index is 0.0180. The van der Waals surface area contributed by atoms with E-state index in [1.165, 1.54) is 5.56 Å². The van der Waals surface area contributed by atoms with Gasteiger partial charge in [-0.1, -0.05) is 60.7 Å². The van der Waals surface area contributed by atoms with Gasteiger partial charge in [0.1, 0.15) is 0 Å². The van der Waals surface area contributed by atoms with Crippen molar-refractivity contribution < 1.29 is 0 Å². The maximum Gasteiger partial charge on any atom is 0.255 e. The summed E-state index contributed by atoms with van der Waals surface area (Å²) in [7, 11) is 0. The summed E-state index contributed by atoms with van der Waals surface area (Å²) >= 11 is 0. The van der Waals surface area contributed by atoms with E-state index in [2.05, 4.69) is 17.0 Å². The van der Waals surface area contributed by atoms with Gasteiger partial charge in [0.2, 0.25) is 5.95 Å². The van der Waals surface area contributed by atoms with Gasteiger partial charge in [-0.25, -0.2) is 4.98 Å². The summed E-state index contributed by atoms with van der Waals surface area (Å²) < 4.78 is 1.76. The fourth-order valence-electron chi connectivity index (χ4n) is 2.98. The van der Waals surface area contributed by atoms with E-state index in [0.29, 0.717) is 6.54 Å². The molecule has 1 aromatic heterocycles. The third-order valence-corrected chi connectivity index (χ3v) is 4.15. The van der Waals surface area contributed by atoms with Gasteiger partial charge in [-0.15, -0.1) is 0 Å². The van der Waals surface area contributed by atoms with Crippen LogP contribution in [0.3, 0.4) is 0 Å². The topological polar surface area (TPSA) is 38.1 Å². The van der Waals surface area contributed by atoms with E-state index in [0.717, 1.165) is 30.3 Å². The molecule has 2 heterocycles. The Labute approximate surface area is 134 Å². The number of anilines is 1. The molecule has 0 unspecified atom stereocenters. The number of benzene rings is 2. The average Bonchev–Trinajstić information content (AvgIpc) is 3.00. The van der Waals surface area contributed by atoms with Crippen LogP contribution < -0.4 is 10.5 Å². The number of nitrogens with zero attached hydrogens (tertiary/aromatic N) is 3. The Morgan fingerprint density at radius 1 is 0.913 bits per heavy atom. The summed E-state index contributed by atoms with van der Waals surface area (Å²) in [5.41, 5.74) is 2.95. The molecular formula is C19H17N3O. The summed E-state index contributed by atoms with van der Waals surface area (Å²) in [6.45, 7) is 2.28. The SMILES string of the molecule is O=c1cc(-c2ccccc2)nc2n1CCN2Cc1ccccc1. The standard InChI is InChI=1S/C19H17N3O/c23-18-13-17(16-9-5-2-6-10-16)20-19-21(11-12-22(18)19)14-15-7-3-1-4-8-15/h1-10,13H,11-12,14H2. The fraction of sp³-hybridized carbons (Fsp3) is 0.158. The second-order valence-corrected chi connectivity index (χ2v) is 5.70. The van der Waals surface area contributed by atoms with Crippen molar-refractivity contribution >= 4 is 5.95 Å². The fourth-order valence-corrected chi connectivity index (χ4v) is 2.98. The van der Waals surface area contributed by atoms with Gasteiger partial charge in [-0.05, 0) is 5.56 Å². The Kier molecular flexibility index (Phi) is 3.42. The van der Waals surface area contributed by atoms with Gasteiger partial charge in [0.25, 0.3) is 5.56 Å². The molecule has 3 aromatic rings. The molecule has 0 atom stereocenters. The van der Waals surface area contributed by atoms with Crippen LogP contribution in [0.5, 0.6) is 0 Å². The van der Waals surface area contributed by atoms with Gasteiger partial charge < -0.3 is 4.90 Å². The maximum absolute atomic E-state index is 12.4. The van der Waals surface area contributed by atoms with Crippen molar-refractivity contribution in [3.8, 4) is 11.3 Å². The van der Waals surface area contributed by atoms with E-state index in [-0.39, 0.29) is 5.56 Å². The normalized spacial score (nSPS) is 13.1. The molecule has 4 nitrogen and oxygen atoms in total. The van der Waals surface area contributed by atoms with Crippen molar-refractivity contribution in [2.24, 2.45) is 0 Å². The van der Waals surface area contributed by atoms with Crippen molar-refractivity contribution in [3.05, 3.63) is 82.6 Å². The van der Waals surface area contributed by atoms with Crippen LogP contribution in [0.25, 0.3) is 11.3 Å². The minimum absolute atomic E-state index is 0.0180. The first-order valence-electron chi connectivity index (χ1n) is 7.77. The van der Waals surface area contributed by atoms with Crippen LogP contribution in [0, 0.1) is 0 Å². The number of hydrogen-bond acceptors (Lipinski definition) is 3. The lowest BCUT2D eigenvalue weighted by molar-refractivity contribution is 0.748. The molecule has 0 amide bonds. The van der Waals surface area contributed by atoms with Gasteiger partial charge in [0, 0.05) is 31.3 Å². The molecule has 1 aliphatic rings. The molecule has 0 saturated heterocycles. The van der Waals surface area contributed by atoms with Crippen LogP contribution >= 0.6 is 0 Å². The Balaban J connectivity index is 1.73. The average molecular weight is 303 g/mol. The summed E-state index contributed by atoms with van der Waals surface area (Å²) in [6.07, 6.45) is 0. The Hall–Kier alpha value is -2.88. The van der Waals surface area contributed by atoms with Gasteiger partial charge in [0.15, 0.2) is 0 Å². The lowest BCUT2D eigenvalue weighted by atomic mass is 10.1. The third kappa shape index (κ3) is 2.63. The van der Waals surface area contributed by atoms with E-state index < -0.39 is 0 Å². The first-order valence-corrected chi connectivity index (χ1v) is 7.77. The molecule has 0 fully saturated rings. The quantitative estimate of drug-likeness (QED) is 0.746.